The summed E-state index contributed by atoms with van der Waals surface area (Å²) in [5.41, 5.74) is 12.3. The fraction of sp³-hybridized carbons (Fsp3) is 0.875. The SMILES string of the molecule is CCCCCCCCCCCCCC(=O)NCCCC[C@H](N)C(=O)N[C@@H](CSSC[C@H](NC(=O)[C@@H](N)CCCCNC(=O)CCCCCCCCCCCCC)C(C)=O)C(C)=O. The van der Waals surface area contributed by atoms with Crippen LogP contribution in [0.1, 0.15) is 220 Å². The summed E-state index contributed by atoms with van der Waals surface area (Å²) in [4.78, 5) is 74.6. The fourth-order valence-electron chi connectivity index (χ4n) is 7.08. The number of hydrogen-bond donors (Lipinski definition) is 6. The number of unbranched alkanes of at least 4 members (excludes halogenated alkanes) is 22. The van der Waals surface area contributed by atoms with E-state index in [1.807, 2.05) is 0 Å². The van der Waals surface area contributed by atoms with Gasteiger partial charge in [0, 0.05) is 37.4 Å². The van der Waals surface area contributed by atoms with E-state index >= 15 is 0 Å². The first-order chi connectivity index (χ1) is 29.9. The van der Waals surface area contributed by atoms with Crippen molar-refractivity contribution in [3.8, 4) is 0 Å². The van der Waals surface area contributed by atoms with Crippen LogP contribution in [0.3, 0.4) is 0 Å². The molecule has 0 saturated heterocycles. The first-order valence-electron chi connectivity index (χ1n) is 24.8. The predicted octanol–water partition coefficient (Wildman–Crippen LogP) is 9.15. The molecular weight excluding hydrogens is 821 g/mol. The van der Waals surface area contributed by atoms with Crippen LogP contribution in [0.25, 0.3) is 0 Å². The highest BCUT2D eigenvalue weighted by molar-refractivity contribution is 8.76. The molecule has 0 radical (unpaired) electrons. The summed E-state index contributed by atoms with van der Waals surface area (Å²) in [6.45, 7) is 8.40. The molecule has 0 saturated carbocycles. The van der Waals surface area contributed by atoms with E-state index in [4.69, 9.17) is 11.5 Å². The summed E-state index contributed by atoms with van der Waals surface area (Å²) in [6, 6.07) is -3.03. The van der Waals surface area contributed by atoms with E-state index in [1.54, 1.807) is 0 Å². The van der Waals surface area contributed by atoms with Crippen LogP contribution in [0.2, 0.25) is 0 Å². The molecule has 0 aliphatic carbocycles. The van der Waals surface area contributed by atoms with E-state index < -0.39 is 36.0 Å². The molecule has 0 aliphatic heterocycles. The number of rotatable bonds is 45. The molecule has 0 bridgehead atoms. The highest BCUT2D eigenvalue weighted by Crippen LogP contribution is 2.24. The number of carbonyl (C=O) groups excluding carboxylic acids is 6. The van der Waals surface area contributed by atoms with Crippen molar-refractivity contribution in [1.29, 1.82) is 0 Å². The van der Waals surface area contributed by atoms with Gasteiger partial charge in [0.05, 0.1) is 24.2 Å². The third-order valence-electron chi connectivity index (χ3n) is 11.4. The van der Waals surface area contributed by atoms with Crippen LogP contribution in [0.15, 0.2) is 0 Å². The lowest BCUT2D eigenvalue weighted by Gasteiger charge is -2.20. The van der Waals surface area contributed by atoms with Crippen molar-refractivity contribution in [3.05, 3.63) is 0 Å². The number of hydrogen-bond acceptors (Lipinski definition) is 10. The predicted molar refractivity (Wildman–Crippen MR) is 262 cm³/mol. The number of nitrogens with one attached hydrogen (secondary N) is 4. The normalized spacial score (nSPS) is 13.2. The zero-order chi connectivity index (χ0) is 46.1. The standard InChI is InChI=1S/C48H92N6O6S2/c1-5-7-9-11-13-15-17-19-21-23-25-33-45(57)51-35-29-27-31-41(49)47(59)53-43(39(3)55)37-61-62-38-44(40(4)56)54-48(60)42(50)32-28-30-36-52-46(58)34-26-24-22-20-18-16-14-12-10-8-6-2/h41-44H,5-38,49-50H2,1-4H3,(H,51,57)(H,52,58)(H,53,59)(H,54,60)/t41-,42-,43-,44-/m0/s1. The zero-order valence-electron chi connectivity index (χ0n) is 39.8. The van der Waals surface area contributed by atoms with Gasteiger partial charge >= 0.3 is 0 Å². The molecule has 0 fully saturated rings. The Hall–Kier alpha value is -2.16. The maximum atomic E-state index is 12.8. The van der Waals surface area contributed by atoms with Gasteiger partial charge in [-0.1, -0.05) is 164 Å². The zero-order valence-corrected chi connectivity index (χ0v) is 41.4. The molecule has 0 rings (SSSR count). The molecule has 4 atom stereocenters. The summed E-state index contributed by atoms with van der Waals surface area (Å²) in [5, 5.41) is 11.4. The topological polar surface area (TPSA) is 203 Å². The Morgan fingerprint density at radius 1 is 0.419 bits per heavy atom. The maximum Gasteiger partial charge on any atom is 0.237 e. The third kappa shape index (κ3) is 37.2. The van der Waals surface area contributed by atoms with Crippen LogP contribution in [-0.2, 0) is 28.8 Å². The third-order valence-corrected chi connectivity index (χ3v) is 13.8. The first kappa shape index (κ1) is 59.8. The van der Waals surface area contributed by atoms with Crippen molar-refractivity contribution in [2.45, 2.75) is 244 Å². The summed E-state index contributed by atoms with van der Waals surface area (Å²) in [7, 11) is 2.66. The Kier molecular flexibility index (Phi) is 41.3. The van der Waals surface area contributed by atoms with Gasteiger partial charge < -0.3 is 32.7 Å². The van der Waals surface area contributed by atoms with E-state index in [9.17, 15) is 28.8 Å². The van der Waals surface area contributed by atoms with Crippen molar-refractivity contribution in [2.75, 3.05) is 24.6 Å². The molecule has 62 heavy (non-hydrogen) atoms. The first-order valence-corrected chi connectivity index (χ1v) is 27.3. The lowest BCUT2D eigenvalue weighted by Crippen LogP contribution is -2.49. The highest BCUT2D eigenvalue weighted by Gasteiger charge is 2.24. The molecular formula is C48H92N6O6S2. The minimum absolute atomic E-state index is 0.0672. The summed E-state index contributed by atoms with van der Waals surface area (Å²) in [5.74, 6) is -0.525. The second-order valence-corrected chi connectivity index (χ2v) is 19.9. The molecule has 0 spiro atoms. The molecule has 362 valence electrons. The van der Waals surface area contributed by atoms with Crippen molar-refractivity contribution in [1.82, 2.24) is 21.3 Å². The molecule has 0 heterocycles. The molecule has 0 aromatic heterocycles. The van der Waals surface area contributed by atoms with Crippen LogP contribution >= 0.6 is 21.6 Å². The molecule has 0 aromatic carbocycles. The van der Waals surface area contributed by atoms with E-state index in [1.165, 1.54) is 151 Å². The van der Waals surface area contributed by atoms with Gasteiger partial charge in [0.1, 0.15) is 0 Å². The van der Waals surface area contributed by atoms with Crippen LogP contribution in [0, 0.1) is 0 Å². The summed E-state index contributed by atoms with van der Waals surface area (Å²) >= 11 is 0. The average molecular weight is 913 g/mol. The van der Waals surface area contributed by atoms with E-state index in [2.05, 4.69) is 35.1 Å². The number of Topliss-reactive ketones (excluding diaryl/α,β-unsaturated/α-hetero) is 2. The minimum atomic E-state index is -0.772. The van der Waals surface area contributed by atoms with Crippen molar-refractivity contribution in [3.63, 3.8) is 0 Å². The quantitative estimate of drug-likeness (QED) is 0.0253. The molecule has 0 aliphatic rings. The van der Waals surface area contributed by atoms with E-state index in [-0.39, 0.29) is 34.9 Å². The Morgan fingerprint density at radius 3 is 1.00 bits per heavy atom. The molecule has 14 heteroatoms. The molecule has 12 nitrogen and oxygen atoms in total. The van der Waals surface area contributed by atoms with Crippen molar-refractivity contribution < 1.29 is 28.8 Å². The highest BCUT2D eigenvalue weighted by atomic mass is 33.1. The van der Waals surface area contributed by atoms with E-state index in [0.717, 1.165) is 25.7 Å². The maximum absolute atomic E-state index is 12.8. The number of nitrogens with two attached hydrogens (primary N) is 2. The molecule has 0 aromatic rings. The molecule has 4 amide bonds. The van der Waals surface area contributed by atoms with Crippen LogP contribution in [-0.4, -0.2) is 84.0 Å². The van der Waals surface area contributed by atoms with Gasteiger partial charge in [0.2, 0.25) is 23.6 Å². The fourth-order valence-corrected chi connectivity index (χ4v) is 9.58. The van der Waals surface area contributed by atoms with Crippen molar-refractivity contribution in [2.24, 2.45) is 11.5 Å². The lowest BCUT2D eigenvalue weighted by molar-refractivity contribution is -0.127. The second-order valence-electron chi connectivity index (χ2n) is 17.4. The monoisotopic (exact) mass is 913 g/mol. The van der Waals surface area contributed by atoms with Gasteiger partial charge in [-0.3, -0.25) is 28.8 Å². The van der Waals surface area contributed by atoms with Gasteiger partial charge in [0.15, 0.2) is 11.6 Å². The largest absolute Gasteiger partial charge is 0.356 e. The lowest BCUT2D eigenvalue weighted by atomic mass is 10.1. The summed E-state index contributed by atoms with van der Waals surface area (Å²) < 4.78 is 0. The Labute approximate surface area is 385 Å². The second kappa shape index (κ2) is 42.8. The Bertz CT molecular complexity index is 1090. The Balaban J connectivity index is 4.13. The molecule has 0 unspecified atom stereocenters. The molecule has 8 N–H and O–H groups in total. The van der Waals surface area contributed by atoms with Gasteiger partial charge in [-0.15, -0.1) is 0 Å². The number of ketones is 2. The van der Waals surface area contributed by atoms with Crippen LogP contribution in [0.5, 0.6) is 0 Å². The number of amides is 4. The van der Waals surface area contributed by atoms with Gasteiger partial charge in [-0.25, -0.2) is 0 Å². The van der Waals surface area contributed by atoms with Gasteiger partial charge in [0.25, 0.3) is 0 Å². The van der Waals surface area contributed by atoms with Crippen LogP contribution in [0.4, 0.5) is 0 Å². The van der Waals surface area contributed by atoms with Gasteiger partial charge in [-0.05, 0) is 65.2 Å². The van der Waals surface area contributed by atoms with Gasteiger partial charge in [-0.2, -0.15) is 0 Å². The number of carbonyl (C=O) groups is 6. The minimum Gasteiger partial charge on any atom is -0.356 e. The van der Waals surface area contributed by atoms with Crippen LogP contribution < -0.4 is 32.7 Å². The van der Waals surface area contributed by atoms with Crippen molar-refractivity contribution >= 4 is 56.8 Å². The average Bonchev–Trinajstić information content (AvgIpc) is 3.24. The smallest absolute Gasteiger partial charge is 0.237 e. The Morgan fingerprint density at radius 2 is 0.710 bits per heavy atom. The summed E-state index contributed by atoms with van der Waals surface area (Å²) in [6.07, 6.45) is 32.2. The van der Waals surface area contributed by atoms with E-state index in [0.29, 0.717) is 64.5 Å².